The van der Waals surface area contributed by atoms with Gasteiger partial charge in [-0.2, -0.15) is 0 Å². The lowest BCUT2D eigenvalue weighted by Gasteiger charge is -2.17. The Bertz CT molecular complexity index is 516. The first-order valence-corrected chi connectivity index (χ1v) is 7.43. The average Bonchev–Trinajstić information content (AvgIpc) is 2.84. The van der Waals surface area contributed by atoms with Crippen LogP contribution in [0.15, 0.2) is 24.3 Å². The van der Waals surface area contributed by atoms with Crippen molar-refractivity contribution in [2.75, 3.05) is 6.54 Å². The highest BCUT2D eigenvalue weighted by molar-refractivity contribution is 5.89. The molecule has 0 saturated heterocycles. The molecule has 1 aliphatic carbocycles. The first kappa shape index (κ1) is 15.4. The lowest BCUT2D eigenvalue weighted by atomic mass is 10.0. The summed E-state index contributed by atoms with van der Waals surface area (Å²) >= 11 is 0. The molecule has 5 heteroatoms. The van der Waals surface area contributed by atoms with Gasteiger partial charge in [-0.3, -0.25) is 0 Å². The molecule has 114 valence electrons. The Labute approximate surface area is 124 Å². The van der Waals surface area contributed by atoms with Crippen LogP contribution in [-0.2, 0) is 6.42 Å². The van der Waals surface area contributed by atoms with Crippen LogP contribution in [0.2, 0.25) is 0 Å². The van der Waals surface area contributed by atoms with E-state index in [1.54, 1.807) is 18.2 Å². The Morgan fingerprint density at radius 1 is 1.29 bits per heavy atom. The standard InChI is InChI=1S/C16H22N2O3/c1-11-5-4-8-14(11)18-16(21)17-10-9-12-6-2-3-7-13(12)15(19)20/h2-3,6-7,11,14H,4-5,8-10H2,1H3,(H,19,20)(H2,17,18,21). The number of benzene rings is 1. The zero-order valence-corrected chi connectivity index (χ0v) is 12.3. The van der Waals surface area contributed by atoms with Crippen LogP contribution >= 0.6 is 0 Å². The molecular formula is C16H22N2O3. The number of carbonyl (C=O) groups is 2. The van der Waals surface area contributed by atoms with Gasteiger partial charge in [0.15, 0.2) is 0 Å². The minimum Gasteiger partial charge on any atom is -0.478 e. The van der Waals surface area contributed by atoms with Crippen molar-refractivity contribution in [2.45, 2.75) is 38.6 Å². The maximum absolute atomic E-state index is 11.8. The van der Waals surface area contributed by atoms with Crippen molar-refractivity contribution < 1.29 is 14.7 Å². The number of urea groups is 1. The van der Waals surface area contributed by atoms with E-state index in [1.165, 1.54) is 0 Å². The van der Waals surface area contributed by atoms with Crippen LogP contribution in [0, 0.1) is 5.92 Å². The van der Waals surface area contributed by atoms with E-state index >= 15 is 0 Å². The average molecular weight is 290 g/mol. The number of hydrogen-bond acceptors (Lipinski definition) is 2. The second-order valence-electron chi connectivity index (χ2n) is 5.63. The molecule has 21 heavy (non-hydrogen) atoms. The van der Waals surface area contributed by atoms with Gasteiger partial charge in [-0.1, -0.05) is 31.5 Å². The fraction of sp³-hybridized carbons (Fsp3) is 0.500. The number of aromatic carboxylic acids is 1. The highest BCUT2D eigenvalue weighted by Gasteiger charge is 2.24. The minimum absolute atomic E-state index is 0.165. The van der Waals surface area contributed by atoms with Gasteiger partial charge >= 0.3 is 12.0 Å². The van der Waals surface area contributed by atoms with Gasteiger partial charge in [0.1, 0.15) is 0 Å². The van der Waals surface area contributed by atoms with E-state index in [0.717, 1.165) is 24.8 Å². The van der Waals surface area contributed by atoms with Crippen molar-refractivity contribution in [1.29, 1.82) is 0 Å². The van der Waals surface area contributed by atoms with Gasteiger partial charge in [-0.25, -0.2) is 9.59 Å². The summed E-state index contributed by atoms with van der Waals surface area (Å²) in [5.74, 6) is -0.404. The van der Waals surface area contributed by atoms with Crippen LogP contribution < -0.4 is 10.6 Å². The van der Waals surface area contributed by atoms with E-state index in [0.29, 0.717) is 24.4 Å². The summed E-state index contributed by atoms with van der Waals surface area (Å²) in [6.07, 6.45) is 3.88. The van der Waals surface area contributed by atoms with Crippen molar-refractivity contribution >= 4 is 12.0 Å². The number of carboxylic acid groups (broad SMARTS) is 1. The summed E-state index contributed by atoms with van der Waals surface area (Å²) in [4.78, 5) is 22.9. The molecular weight excluding hydrogens is 268 g/mol. The Balaban J connectivity index is 1.79. The number of amides is 2. The van der Waals surface area contributed by atoms with Crippen molar-refractivity contribution in [1.82, 2.24) is 10.6 Å². The van der Waals surface area contributed by atoms with Gasteiger partial charge in [0.2, 0.25) is 0 Å². The molecule has 0 radical (unpaired) electrons. The summed E-state index contributed by atoms with van der Waals surface area (Å²) in [6.45, 7) is 2.58. The van der Waals surface area contributed by atoms with Crippen LogP contribution in [0.5, 0.6) is 0 Å². The Morgan fingerprint density at radius 2 is 2.05 bits per heavy atom. The molecule has 0 aromatic heterocycles. The topological polar surface area (TPSA) is 78.4 Å². The van der Waals surface area contributed by atoms with E-state index in [-0.39, 0.29) is 12.1 Å². The molecule has 1 saturated carbocycles. The molecule has 1 aromatic carbocycles. The molecule has 0 bridgehead atoms. The number of hydrogen-bond donors (Lipinski definition) is 3. The number of rotatable bonds is 5. The summed E-state index contributed by atoms with van der Waals surface area (Å²) in [5, 5.41) is 14.9. The number of nitrogens with one attached hydrogen (secondary N) is 2. The Kier molecular flexibility index (Phi) is 5.20. The van der Waals surface area contributed by atoms with Crippen molar-refractivity contribution in [3.8, 4) is 0 Å². The smallest absolute Gasteiger partial charge is 0.335 e. The second kappa shape index (κ2) is 7.11. The molecule has 0 aliphatic heterocycles. The van der Waals surface area contributed by atoms with Crippen LogP contribution in [0.1, 0.15) is 42.1 Å². The molecule has 2 atom stereocenters. The predicted molar refractivity (Wildman–Crippen MR) is 80.4 cm³/mol. The van der Waals surface area contributed by atoms with E-state index in [4.69, 9.17) is 5.11 Å². The van der Waals surface area contributed by atoms with Crippen LogP contribution in [0.3, 0.4) is 0 Å². The quantitative estimate of drug-likeness (QED) is 0.779. The van der Waals surface area contributed by atoms with Gasteiger partial charge in [0, 0.05) is 12.6 Å². The third kappa shape index (κ3) is 4.21. The maximum atomic E-state index is 11.8. The summed E-state index contributed by atoms with van der Waals surface area (Å²) in [5.41, 5.74) is 1.03. The molecule has 1 aliphatic rings. The molecule has 1 fully saturated rings. The Morgan fingerprint density at radius 3 is 2.71 bits per heavy atom. The molecule has 0 spiro atoms. The van der Waals surface area contributed by atoms with Crippen LogP contribution in [-0.4, -0.2) is 29.7 Å². The van der Waals surface area contributed by atoms with Crippen LogP contribution in [0.25, 0.3) is 0 Å². The van der Waals surface area contributed by atoms with Gasteiger partial charge in [0.05, 0.1) is 5.56 Å². The SMILES string of the molecule is CC1CCCC1NC(=O)NCCc1ccccc1C(=O)O. The maximum Gasteiger partial charge on any atom is 0.335 e. The van der Waals surface area contributed by atoms with Gasteiger partial charge in [-0.15, -0.1) is 0 Å². The highest BCUT2D eigenvalue weighted by Crippen LogP contribution is 2.24. The van der Waals surface area contributed by atoms with E-state index in [1.807, 2.05) is 6.07 Å². The monoisotopic (exact) mass is 290 g/mol. The van der Waals surface area contributed by atoms with Gasteiger partial charge in [-0.05, 0) is 36.8 Å². The number of carboxylic acids is 1. The predicted octanol–water partition coefficient (Wildman–Crippen LogP) is 2.42. The van der Waals surface area contributed by atoms with Crippen molar-refractivity contribution in [3.05, 3.63) is 35.4 Å². The van der Waals surface area contributed by atoms with Crippen molar-refractivity contribution in [2.24, 2.45) is 5.92 Å². The lowest BCUT2D eigenvalue weighted by molar-refractivity contribution is 0.0695. The second-order valence-corrected chi connectivity index (χ2v) is 5.63. The van der Waals surface area contributed by atoms with E-state index in [2.05, 4.69) is 17.6 Å². The first-order chi connectivity index (χ1) is 10.1. The van der Waals surface area contributed by atoms with Crippen LogP contribution in [0.4, 0.5) is 4.79 Å². The molecule has 0 heterocycles. The molecule has 2 unspecified atom stereocenters. The third-order valence-electron chi connectivity index (χ3n) is 4.11. The van der Waals surface area contributed by atoms with Crippen molar-refractivity contribution in [3.63, 3.8) is 0 Å². The molecule has 2 rings (SSSR count). The largest absolute Gasteiger partial charge is 0.478 e. The molecule has 1 aromatic rings. The fourth-order valence-corrected chi connectivity index (χ4v) is 2.84. The number of carbonyl (C=O) groups excluding carboxylic acids is 1. The third-order valence-corrected chi connectivity index (χ3v) is 4.11. The zero-order valence-electron chi connectivity index (χ0n) is 12.3. The van der Waals surface area contributed by atoms with E-state index < -0.39 is 5.97 Å². The highest BCUT2D eigenvalue weighted by atomic mass is 16.4. The van der Waals surface area contributed by atoms with Gasteiger partial charge < -0.3 is 15.7 Å². The zero-order chi connectivity index (χ0) is 15.2. The van der Waals surface area contributed by atoms with E-state index in [9.17, 15) is 9.59 Å². The minimum atomic E-state index is -0.935. The van der Waals surface area contributed by atoms with Gasteiger partial charge in [0.25, 0.3) is 0 Å². The lowest BCUT2D eigenvalue weighted by Crippen LogP contribution is -2.43. The fourth-order valence-electron chi connectivity index (χ4n) is 2.84. The molecule has 5 nitrogen and oxygen atoms in total. The normalized spacial score (nSPS) is 21.0. The summed E-state index contributed by atoms with van der Waals surface area (Å²) in [7, 11) is 0. The Hall–Kier alpha value is -2.04. The summed E-state index contributed by atoms with van der Waals surface area (Å²) < 4.78 is 0. The molecule has 3 N–H and O–H groups in total. The first-order valence-electron chi connectivity index (χ1n) is 7.43. The summed E-state index contributed by atoms with van der Waals surface area (Å²) in [6, 6.07) is 6.97. The molecule has 2 amide bonds.